The Morgan fingerprint density at radius 1 is 1.11 bits per heavy atom. The van der Waals surface area contributed by atoms with E-state index in [2.05, 4.69) is 22.4 Å². The SMILES string of the molecule is C1=NCC(=NC2CCCCC2)Nc2ccccc21. The number of rotatable bonds is 1. The summed E-state index contributed by atoms with van der Waals surface area (Å²) in [6.07, 6.45) is 8.41. The molecule has 1 fully saturated rings. The van der Waals surface area contributed by atoms with Crippen LogP contribution < -0.4 is 5.32 Å². The minimum absolute atomic E-state index is 0.502. The molecule has 2 aliphatic rings. The van der Waals surface area contributed by atoms with Crippen molar-refractivity contribution in [2.45, 2.75) is 38.1 Å². The van der Waals surface area contributed by atoms with Crippen molar-refractivity contribution in [1.82, 2.24) is 0 Å². The van der Waals surface area contributed by atoms with Gasteiger partial charge in [0, 0.05) is 17.5 Å². The van der Waals surface area contributed by atoms with E-state index in [0.717, 1.165) is 17.1 Å². The summed E-state index contributed by atoms with van der Waals surface area (Å²) in [5.74, 6) is 1.02. The molecule has 3 heteroatoms. The molecular weight excluding hydrogens is 222 g/mol. The molecule has 0 spiro atoms. The van der Waals surface area contributed by atoms with Crippen LogP contribution in [0.5, 0.6) is 0 Å². The second kappa shape index (κ2) is 5.34. The van der Waals surface area contributed by atoms with E-state index in [1.54, 1.807) is 0 Å². The average Bonchev–Trinajstić information content (AvgIpc) is 2.61. The zero-order valence-corrected chi connectivity index (χ0v) is 10.6. The van der Waals surface area contributed by atoms with Gasteiger partial charge in [0.15, 0.2) is 0 Å². The molecular formula is C15H19N3. The Labute approximate surface area is 108 Å². The highest BCUT2D eigenvalue weighted by Gasteiger charge is 2.14. The molecule has 1 aromatic rings. The van der Waals surface area contributed by atoms with Gasteiger partial charge in [-0.3, -0.25) is 9.98 Å². The average molecular weight is 241 g/mol. The van der Waals surface area contributed by atoms with Crippen LogP contribution in [0.4, 0.5) is 5.69 Å². The fourth-order valence-electron chi connectivity index (χ4n) is 2.65. The molecule has 18 heavy (non-hydrogen) atoms. The quantitative estimate of drug-likeness (QED) is 0.805. The summed E-state index contributed by atoms with van der Waals surface area (Å²) in [6.45, 7) is 0.672. The Kier molecular flexibility index (Phi) is 3.40. The van der Waals surface area contributed by atoms with E-state index in [1.807, 2.05) is 18.3 Å². The molecule has 0 unspecified atom stereocenters. The first-order valence-electron chi connectivity index (χ1n) is 6.84. The standard InChI is InChI=1S/C15H19N3/c1-2-7-13(8-3-1)17-15-11-16-10-12-6-4-5-9-14(12)18-15/h4-6,9-10,13H,1-3,7-8,11H2,(H,17,18). The van der Waals surface area contributed by atoms with Gasteiger partial charge in [0.1, 0.15) is 5.84 Å². The Hall–Kier alpha value is -1.64. The van der Waals surface area contributed by atoms with Crippen molar-refractivity contribution in [1.29, 1.82) is 0 Å². The highest BCUT2D eigenvalue weighted by atomic mass is 15.0. The van der Waals surface area contributed by atoms with Crippen LogP contribution in [-0.2, 0) is 0 Å². The molecule has 1 aliphatic heterocycles. The van der Waals surface area contributed by atoms with Crippen LogP contribution in [0.1, 0.15) is 37.7 Å². The summed E-state index contributed by atoms with van der Waals surface area (Å²) >= 11 is 0. The summed E-state index contributed by atoms with van der Waals surface area (Å²) in [5.41, 5.74) is 2.26. The van der Waals surface area contributed by atoms with Crippen molar-refractivity contribution in [3.8, 4) is 0 Å². The predicted octanol–water partition coefficient (Wildman–Crippen LogP) is 3.26. The predicted molar refractivity (Wildman–Crippen MR) is 76.8 cm³/mol. The Morgan fingerprint density at radius 3 is 2.83 bits per heavy atom. The second-order valence-electron chi connectivity index (χ2n) is 5.05. The van der Waals surface area contributed by atoms with Crippen LogP contribution in [0.25, 0.3) is 0 Å². The van der Waals surface area contributed by atoms with Crippen molar-refractivity contribution >= 4 is 17.7 Å². The molecule has 94 valence electrons. The molecule has 0 aromatic heterocycles. The highest BCUT2D eigenvalue weighted by Crippen LogP contribution is 2.21. The van der Waals surface area contributed by atoms with E-state index in [1.165, 1.54) is 32.1 Å². The first kappa shape index (κ1) is 11.5. The lowest BCUT2D eigenvalue weighted by molar-refractivity contribution is 0.443. The van der Waals surface area contributed by atoms with Gasteiger partial charge in [-0.05, 0) is 18.9 Å². The molecule has 1 saturated carbocycles. The second-order valence-corrected chi connectivity index (χ2v) is 5.05. The Bertz CT molecular complexity index is 470. The van der Waals surface area contributed by atoms with Crippen LogP contribution >= 0.6 is 0 Å². The lowest BCUT2D eigenvalue weighted by Crippen LogP contribution is -2.20. The van der Waals surface area contributed by atoms with Crippen LogP contribution in [0.3, 0.4) is 0 Å². The lowest BCUT2D eigenvalue weighted by Gasteiger charge is -2.19. The summed E-state index contributed by atoms with van der Waals surface area (Å²) < 4.78 is 0. The number of para-hydroxylation sites is 1. The van der Waals surface area contributed by atoms with E-state index in [4.69, 9.17) is 4.99 Å². The number of aliphatic imine (C=N–C) groups is 2. The van der Waals surface area contributed by atoms with Crippen LogP contribution in [0, 0.1) is 0 Å². The number of nitrogens with zero attached hydrogens (tertiary/aromatic N) is 2. The highest BCUT2D eigenvalue weighted by molar-refractivity contribution is 6.04. The lowest BCUT2D eigenvalue weighted by atomic mass is 9.96. The van der Waals surface area contributed by atoms with E-state index >= 15 is 0 Å². The maximum Gasteiger partial charge on any atom is 0.123 e. The molecule has 0 amide bonds. The summed E-state index contributed by atoms with van der Waals surface area (Å²) in [5, 5.41) is 3.43. The molecule has 1 heterocycles. The zero-order chi connectivity index (χ0) is 12.2. The first-order chi connectivity index (χ1) is 8.92. The molecule has 0 saturated heterocycles. The molecule has 3 rings (SSSR count). The van der Waals surface area contributed by atoms with E-state index in [0.29, 0.717) is 12.6 Å². The maximum absolute atomic E-state index is 4.85. The molecule has 3 nitrogen and oxygen atoms in total. The van der Waals surface area contributed by atoms with Gasteiger partial charge in [-0.25, -0.2) is 0 Å². The number of benzodiazepines with no additional fused rings is 1. The molecule has 1 aliphatic carbocycles. The van der Waals surface area contributed by atoms with Crippen LogP contribution in [-0.4, -0.2) is 24.6 Å². The summed E-state index contributed by atoms with van der Waals surface area (Å²) in [4.78, 5) is 9.29. The third kappa shape index (κ3) is 2.61. The third-order valence-electron chi connectivity index (χ3n) is 3.62. The Morgan fingerprint density at radius 2 is 1.94 bits per heavy atom. The van der Waals surface area contributed by atoms with E-state index < -0.39 is 0 Å². The minimum atomic E-state index is 0.502. The monoisotopic (exact) mass is 241 g/mol. The van der Waals surface area contributed by atoms with Gasteiger partial charge in [0.05, 0.1) is 12.6 Å². The van der Waals surface area contributed by atoms with Crippen molar-refractivity contribution in [2.24, 2.45) is 9.98 Å². The number of amidine groups is 1. The van der Waals surface area contributed by atoms with Crippen molar-refractivity contribution in [3.63, 3.8) is 0 Å². The topological polar surface area (TPSA) is 36.8 Å². The van der Waals surface area contributed by atoms with Gasteiger partial charge >= 0.3 is 0 Å². The molecule has 0 bridgehead atoms. The number of anilines is 1. The fourth-order valence-corrected chi connectivity index (χ4v) is 2.65. The third-order valence-corrected chi connectivity index (χ3v) is 3.62. The normalized spacial score (nSPS) is 22.3. The molecule has 1 N–H and O–H groups in total. The van der Waals surface area contributed by atoms with E-state index in [-0.39, 0.29) is 0 Å². The van der Waals surface area contributed by atoms with Gasteiger partial charge in [0.2, 0.25) is 0 Å². The molecule has 1 aromatic carbocycles. The van der Waals surface area contributed by atoms with Gasteiger partial charge in [-0.2, -0.15) is 0 Å². The van der Waals surface area contributed by atoms with Gasteiger partial charge in [-0.15, -0.1) is 0 Å². The van der Waals surface area contributed by atoms with E-state index in [9.17, 15) is 0 Å². The summed E-state index contributed by atoms with van der Waals surface area (Å²) in [6, 6.07) is 8.75. The van der Waals surface area contributed by atoms with Crippen LogP contribution in [0.15, 0.2) is 34.3 Å². The Balaban J connectivity index is 1.79. The number of benzene rings is 1. The van der Waals surface area contributed by atoms with Crippen molar-refractivity contribution in [3.05, 3.63) is 29.8 Å². The van der Waals surface area contributed by atoms with Gasteiger partial charge in [0.25, 0.3) is 0 Å². The van der Waals surface area contributed by atoms with Crippen molar-refractivity contribution < 1.29 is 0 Å². The van der Waals surface area contributed by atoms with Crippen molar-refractivity contribution in [2.75, 3.05) is 11.9 Å². The summed E-state index contributed by atoms with van der Waals surface area (Å²) in [7, 11) is 0. The largest absolute Gasteiger partial charge is 0.342 e. The first-order valence-corrected chi connectivity index (χ1v) is 6.84. The maximum atomic E-state index is 4.85. The molecule has 0 radical (unpaired) electrons. The number of fused-ring (bicyclic) bond motifs is 1. The number of nitrogens with one attached hydrogen (secondary N) is 1. The molecule has 0 atom stereocenters. The minimum Gasteiger partial charge on any atom is -0.342 e. The van der Waals surface area contributed by atoms with Gasteiger partial charge in [-0.1, -0.05) is 37.5 Å². The fraction of sp³-hybridized carbons (Fsp3) is 0.467. The number of hydrogen-bond acceptors (Lipinski definition) is 2. The van der Waals surface area contributed by atoms with Gasteiger partial charge < -0.3 is 5.32 Å². The number of hydrogen-bond donors (Lipinski definition) is 1. The zero-order valence-electron chi connectivity index (χ0n) is 10.6. The smallest absolute Gasteiger partial charge is 0.123 e. The van der Waals surface area contributed by atoms with Crippen LogP contribution in [0.2, 0.25) is 0 Å².